The highest BCUT2D eigenvalue weighted by Gasteiger charge is 2.26. The molecule has 0 aromatic heterocycles. The predicted molar refractivity (Wildman–Crippen MR) is 69.1 cm³/mol. The number of carbonyl (C=O) groups is 1. The fourth-order valence-corrected chi connectivity index (χ4v) is 3.46. The molecule has 1 amide bonds. The molecule has 1 heterocycles. The van der Waals surface area contributed by atoms with Gasteiger partial charge in [-0.25, -0.2) is 8.42 Å². The van der Waals surface area contributed by atoms with Gasteiger partial charge in [0.25, 0.3) is 5.91 Å². The Kier molecular flexibility index (Phi) is 4.06. The van der Waals surface area contributed by atoms with Crippen LogP contribution in [0.2, 0.25) is 0 Å². The number of ether oxygens (including phenoxy) is 1. The van der Waals surface area contributed by atoms with Crippen molar-refractivity contribution < 1.29 is 17.9 Å². The average molecular weight is 284 g/mol. The van der Waals surface area contributed by atoms with Crippen molar-refractivity contribution in [1.29, 1.82) is 0 Å². The lowest BCUT2D eigenvalue weighted by molar-refractivity contribution is -0.119. The van der Waals surface area contributed by atoms with Gasteiger partial charge in [-0.15, -0.1) is 0 Å². The minimum atomic E-state index is -3.40. The van der Waals surface area contributed by atoms with Crippen molar-refractivity contribution in [1.82, 2.24) is 4.31 Å². The second kappa shape index (κ2) is 5.58. The van der Waals surface area contributed by atoms with Crippen molar-refractivity contribution in [2.45, 2.75) is 17.7 Å². The Morgan fingerprint density at radius 2 is 1.79 bits per heavy atom. The summed E-state index contributed by atoms with van der Waals surface area (Å²) in [6.07, 6.45) is 1.80. The third kappa shape index (κ3) is 3.24. The molecule has 2 rings (SSSR count). The highest BCUT2D eigenvalue weighted by atomic mass is 32.2. The minimum Gasteiger partial charge on any atom is -0.484 e. The Hall–Kier alpha value is -1.60. The maximum Gasteiger partial charge on any atom is 0.255 e. The molecule has 0 spiro atoms. The molecule has 1 aliphatic rings. The molecule has 104 valence electrons. The van der Waals surface area contributed by atoms with Crippen LogP contribution in [0, 0.1) is 0 Å². The number of primary amides is 1. The van der Waals surface area contributed by atoms with Gasteiger partial charge in [0.05, 0.1) is 4.90 Å². The number of sulfonamides is 1. The molecule has 0 saturated carbocycles. The highest BCUT2D eigenvalue weighted by Crippen LogP contribution is 2.22. The molecule has 0 unspecified atom stereocenters. The average Bonchev–Trinajstić information content (AvgIpc) is 2.91. The number of benzene rings is 1. The van der Waals surface area contributed by atoms with Crippen LogP contribution in [0.1, 0.15) is 12.8 Å². The predicted octanol–water partition coefficient (Wildman–Crippen LogP) is 0.335. The number of nitrogens with zero attached hydrogens (tertiary/aromatic N) is 1. The summed E-state index contributed by atoms with van der Waals surface area (Å²) < 4.78 is 31.0. The van der Waals surface area contributed by atoms with E-state index in [1.807, 2.05) is 0 Å². The Labute approximate surface area is 112 Å². The summed E-state index contributed by atoms with van der Waals surface area (Å²) in [5, 5.41) is 0. The SMILES string of the molecule is NC(=O)COc1ccc(S(=O)(=O)N2CCCC2)cc1. The summed E-state index contributed by atoms with van der Waals surface area (Å²) in [7, 11) is -3.40. The van der Waals surface area contributed by atoms with Crippen molar-refractivity contribution in [3.05, 3.63) is 24.3 Å². The van der Waals surface area contributed by atoms with Gasteiger partial charge in [0.2, 0.25) is 10.0 Å². The fraction of sp³-hybridized carbons (Fsp3) is 0.417. The van der Waals surface area contributed by atoms with Crippen molar-refractivity contribution in [3.8, 4) is 5.75 Å². The van der Waals surface area contributed by atoms with Gasteiger partial charge in [-0.1, -0.05) is 0 Å². The normalized spacial score (nSPS) is 16.4. The Morgan fingerprint density at radius 1 is 1.21 bits per heavy atom. The third-order valence-electron chi connectivity index (χ3n) is 2.91. The van der Waals surface area contributed by atoms with Crippen LogP contribution < -0.4 is 10.5 Å². The Morgan fingerprint density at radius 3 is 2.32 bits per heavy atom. The van der Waals surface area contributed by atoms with Gasteiger partial charge in [-0.05, 0) is 37.1 Å². The summed E-state index contributed by atoms with van der Waals surface area (Å²) in [5.41, 5.74) is 4.96. The van der Waals surface area contributed by atoms with E-state index in [1.165, 1.54) is 28.6 Å². The van der Waals surface area contributed by atoms with E-state index in [2.05, 4.69) is 0 Å². The van der Waals surface area contributed by atoms with Crippen molar-refractivity contribution in [2.75, 3.05) is 19.7 Å². The smallest absolute Gasteiger partial charge is 0.255 e. The van der Waals surface area contributed by atoms with Crippen LogP contribution in [0.4, 0.5) is 0 Å². The Bertz CT molecular complexity index is 548. The third-order valence-corrected chi connectivity index (χ3v) is 4.82. The van der Waals surface area contributed by atoms with Gasteiger partial charge < -0.3 is 10.5 Å². The first kappa shape index (κ1) is 13.8. The summed E-state index contributed by atoms with van der Waals surface area (Å²) >= 11 is 0. The molecule has 1 aromatic carbocycles. The molecule has 7 heteroatoms. The lowest BCUT2D eigenvalue weighted by atomic mass is 10.3. The second-order valence-corrected chi connectivity index (χ2v) is 6.28. The molecule has 0 aliphatic carbocycles. The van der Waals surface area contributed by atoms with E-state index in [0.717, 1.165) is 12.8 Å². The van der Waals surface area contributed by atoms with E-state index in [1.54, 1.807) is 0 Å². The zero-order chi connectivity index (χ0) is 13.9. The number of hydrogen-bond acceptors (Lipinski definition) is 4. The lowest BCUT2D eigenvalue weighted by Crippen LogP contribution is -2.27. The zero-order valence-corrected chi connectivity index (χ0v) is 11.2. The standard InChI is InChI=1S/C12H16N2O4S/c13-12(15)9-18-10-3-5-11(6-4-10)19(16,17)14-7-1-2-8-14/h3-6H,1-2,7-9H2,(H2,13,15). The van der Waals surface area contributed by atoms with Crippen molar-refractivity contribution in [2.24, 2.45) is 5.73 Å². The maximum absolute atomic E-state index is 12.2. The summed E-state index contributed by atoms with van der Waals surface area (Å²) in [6, 6.07) is 5.99. The molecular formula is C12H16N2O4S. The first-order valence-corrected chi connectivity index (χ1v) is 7.45. The van der Waals surface area contributed by atoms with Gasteiger partial charge in [0, 0.05) is 13.1 Å². The van der Waals surface area contributed by atoms with Gasteiger partial charge in [0.15, 0.2) is 6.61 Å². The monoisotopic (exact) mass is 284 g/mol. The van der Waals surface area contributed by atoms with Crippen molar-refractivity contribution >= 4 is 15.9 Å². The van der Waals surface area contributed by atoms with Crippen LogP contribution in [0.5, 0.6) is 5.75 Å². The number of nitrogens with two attached hydrogens (primary N) is 1. The van der Waals surface area contributed by atoms with Gasteiger partial charge in [0.1, 0.15) is 5.75 Å². The number of carbonyl (C=O) groups excluding carboxylic acids is 1. The van der Waals surface area contributed by atoms with E-state index in [0.29, 0.717) is 18.8 Å². The molecule has 6 nitrogen and oxygen atoms in total. The van der Waals surface area contributed by atoms with E-state index >= 15 is 0 Å². The topological polar surface area (TPSA) is 89.7 Å². The maximum atomic E-state index is 12.2. The van der Waals surface area contributed by atoms with E-state index in [4.69, 9.17) is 10.5 Å². The first-order chi connectivity index (χ1) is 9.00. The quantitative estimate of drug-likeness (QED) is 0.844. The Balaban J connectivity index is 2.11. The van der Waals surface area contributed by atoms with Gasteiger partial charge in [-0.3, -0.25) is 4.79 Å². The van der Waals surface area contributed by atoms with E-state index in [9.17, 15) is 13.2 Å². The summed E-state index contributed by atoms with van der Waals surface area (Å²) in [4.78, 5) is 10.8. The number of rotatable bonds is 5. The van der Waals surface area contributed by atoms with Crippen LogP contribution in [0.25, 0.3) is 0 Å². The largest absolute Gasteiger partial charge is 0.484 e. The fourth-order valence-electron chi connectivity index (χ4n) is 1.94. The van der Waals surface area contributed by atoms with Crippen LogP contribution in [-0.4, -0.2) is 38.3 Å². The minimum absolute atomic E-state index is 0.224. The van der Waals surface area contributed by atoms with Crippen LogP contribution in [-0.2, 0) is 14.8 Å². The second-order valence-electron chi connectivity index (χ2n) is 4.34. The van der Waals surface area contributed by atoms with Crippen LogP contribution >= 0.6 is 0 Å². The number of hydrogen-bond donors (Lipinski definition) is 1. The highest BCUT2D eigenvalue weighted by molar-refractivity contribution is 7.89. The number of amides is 1. The van der Waals surface area contributed by atoms with Gasteiger partial charge in [-0.2, -0.15) is 4.31 Å². The molecular weight excluding hydrogens is 268 g/mol. The molecule has 19 heavy (non-hydrogen) atoms. The molecule has 0 atom stereocenters. The van der Waals surface area contributed by atoms with E-state index < -0.39 is 15.9 Å². The summed E-state index contributed by atoms with van der Waals surface area (Å²) in [5.74, 6) is -0.159. The zero-order valence-electron chi connectivity index (χ0n) is 10.4. The van der Waals surface area contributed by atoms with Crippen molar-refractivity contribution in [3.63, 3.8) is 0 Å². The van der Waals surface area contributed by atoms with Crippen LogP contribution in [0.15, 0.2) is 29.2 Å². The molecule has 1 aliphatic heterocycles. The van der Waals surface area contributed by atoms with Crippen LogP contribution in [0.3, 0.4) is 0 Å². The molecule has 1 fully saturated rings. The summed E-state index contributed by atoms with van der Waals surface area (Å²) in [6.45, 7) is 0.919. The first-order valence-electron chi connectivity index (χ1n) is 6.01. The lowest BCUT2D eigenvalue weighted by Gasteiger charge is -2.15. The molecule has 1 aromatic rings. The van der Waals surface area contributed by atoms with Gasteiger partial charge >= 0.3 is 0 Å². The molecule has 1 saturated heterocycles. The molecule has 0 bridgehead atoms. The molecule has 2 N–H and O–H groups in total. The van der Waals surface area contributed by atoms with E-state index in [-0.39, 0.29) is 11.5 Å². The molecule has 0 radical (unpaired) electrons.